The van der Waals surface area contributed by atoms with Crippen molar-refractivity contribution in [3.63, 3.8) is 0 Å². The molecule has 20 heavy (non-hydrogen) atoms. The first kappa shape index (κ1) is 14.3. The highest BCUT2D eigenvalue weighted by atomic mass is 35.5. The first-order valence-corrected chi connectivity index (χ1v) is 6.45. The molecule has 1 aliphatic rings. The lowest BCUT2D eigenvalue weighted by molar-refractivity contribution is -0.138. The number of hydrogen-bond acceptors (Lipinski definition) is 3. The van der Waals surface area contributed by atoms with Crippen molar-refractivity contribution < 1.29 is 14.4 Å². The number of carbonyl (C=O) groups is 3. The van der Waals surface area contributed by atoms with E-state index < -0.39 is 23.8 Å². The van der Waals surface area contributed by atoms with Crippen molar-refractivity contribution in [2.75, 3.05) is 6.54 Å². The topological polar surface area (TPSA) is 66.5 Å². The van der Waals surface area contributed by atoms with Gasteiger partial charge in [0.05, 0.1) is 0 Å². The Morgan fingerprint density at radius 1 is 1.35 bits per heavy atom. The van der Waals surface area contributed by atoms with E-state index in [2.05, 4.69) is 11.9 Å². The van der Waals surface area contributed by atoms with Gasteiger partial charge >= 0.3 is 6.03 Å². The first-order valence-electron chi connectivity index (χ1n) is 6.07. The second kappa shape index (κ2) is 5.88. The van der Waals surface area contributed by atoms with Gasteiger partial charge in [-0.05, 0) is 24.1 Å². The van der Waals surface area contributed by atoms with Gasteiger partial charge in [0, 0.05) is 11.6 Å². The standard InChI is InChI=1S/C14H13ClN2O3/c1-2-3-7-17-13(19)11(12(18)16-14(17)20)9-5-4-6-10(15)8-9/h2,4-6,8,11H,1,3,7H2,(H,16,18,20). The van der Waals surface area contributed by atoms with Crippen LogP contribution >= 0.6 is 11.6 Å². The lowest BCUT2D eigenvalue weighted by Gasteiger charge is -2.30. The Morgan fingerprint density at radius 3 is 2.75 bits per heavy atom. The first-order chi connectivity index (χ1) is 9.54. The molecule has 5 nitrogen and oxygen atoms in total. The third kappa shape index (κ3) is 2.72. The van der Waals surface area contributed by atoms with E-state index in [-0.39, 0.29) is 6.54 Å². The minimum absolute atomic E-state index is 0.193. The number of urea groups is 1. The number of halogens is 1. The maximum atomic E-state index is 12.3. The summed E-state index contributed by atoms with van der Waals surface area (Å²) in [6.07, 6.45) is 2.07. The molecule has 4 amide bonds. The van der Waals surface area contributed by atoms with Crippen molar-refractivity contribution in [2.45, 2.75) is 12.3 Å². The normalized spacial score (nSPS) is 18.9. The average molecular weight is 293 g/mol. The Hall–Kier alpha value is -2.14. The molecule has 2 rings (SSSR count). The molecule has 0 aliphatic carbocycles. The van der Waals surface area contributed by atoms with Crippen LogP contribution in [0.3, 0.4) is 0 Å². The van der Waals surface area contributed by atoms with Gasteiger partial charge in [0.1, 0.15) is 5.92 Å². The van der Waals surface area contributed by atoms with Crippen LogP contribution in [0.5, 0.6) is 0 Å². The Balaban J connectivity index is 2.32. The summed E-state index contributed by atoms with van der Waals surface area (Å²) in [5.74, 6) is -2.21. The van der Waals surface area contributed by atoms with Gasteiger partial charge in [0.15, 0.2) is 0 Å². The highest BCUT2D eigenvalue weighted by Crippen LogP contribution is 2.25. The van der Waals surface area contributed by atoms with Gasteiger partial charge in [-0.15, -0.1) is 6.58 Å². The molecule has 0 bridgehead atoms. The van der Waals surface area contributed by atoms with Gasteiger partial charge in [-0.1, -0.05) is 29.8 Å². The van der Waals surface area contributed by atoms with Crippen LogP contribution in [-0.4, -0.2) is 29.3 Å². The molecule has 0 spiro atoms. The van der Waals surface area contributed by atoms with Crippen molar-refractivity contribution in [1.82, 2.24) is 10.2 Å². The van der Waals surface area contributed by atoms with Crippen LogP contribution in [0.2, 0.25) is 5.02 Å². The minimum atomic E-state index is -1.05. The van der Waals surface area contributed by atoms with Gasteiger partial charge in [-0.3, -0.25) is 19.8 Å². The van der Waals surface area contributed by atoms with E-state index in [0.717, 1.165) is 4.90 Å². The second-order valence-corrected chi connectivity index (χ2v) is 4.79. The maximum absolute atomic E-state index is 12.3. The SMILES string of the molecule is C=CCCN1C(=O)NC(=O)C(c2cccc(Cl)c2)C1=O. The van der Waals surface area contributed by atoms with Crippen LogP contribution in [-0.2, 0) is 9.59 Å². The number of benzene rings is 1. The molecule has 104 valence electrons. The summed E-state index contributed by atoms with van der Waals surface area (Å²) in [5.41, 5.74) is 0.469. The molecule has 1 aromatic carbocycles. The number of amides is 4. The highest BCUT2D eigenvalue weighted by molar-refractivity contribution is 6.30. The summed E-state index contributed by atoms with van der Waals surface area (Å²) in [7, 11) is 0. The smallest absolute Gasteiger partial charge is 0.277 e. The van der Waals surface area contributed by atoms with Crippen molar-refractivity contribution in [1.29, 1.82) is 0 Å². The molecule has 1 saturated heterocycles. The van der Waals surface area contributed by atoms with Gasteiger partial charge < -0.3 is 0 Å². The fourth-order valence-corrected chi connectivity index (χ4v) is 2.22. The zero-order chi connectivity index (χ0) is 14.7. The van der Waals surface area contributed by atoms with Gasteiger partial charge in [0.25, 0.3) is 0 Å². The molecule has 1 unspecified atom stereocenters. The lowest BCUT2D eigenvalue weighted by Crippen LogP contribution is -2.56. The zero-order valence-electron chi connectivity index (χ0n) is 10.6. The molecule has 6 heteroatoms. The summed E-state index contributed by atoms with van der Waals surface area (Å²) < 4.78 is 0. The second-order valence-electron chi connectivity index (χ2n) is 4.35. The number of hydrogen-bond donors (Lipinski definition) is 1. The number of imide groups is 2. The van der Waals surface area contributed by atoms with E-state index in [0.29, 0.717) is 17.0 Å². The van der Waals surface area contributed by atoms with E-state index in [1.54, 1.807) is 30.3 Å². The number of nitrogens with zero attached hydrogens (tertiary/aromatic N) is 1. The molecule has 1 aliphatic heterocycles. The molecular formula is C14H13ClN2O3. The van der Waals surface area contributed by atoms with E-state index in [9.17, 15) is 14.4 Å². The predicted molar refractivity (Wildman–Crippen MR) is 74.3 cm³/mol. The molecule has 0 aromatic heterocycles. The monoisotopic (exact) mass is 292 g/mol. The Kier molecular flexibility index (Phi) is 4.20. The van der Waals surface area contributed by atoms with Crippen molar-refractivity contribution in [3.05, 3.63) is 47.5 Å². The maximum Gasteiger partial charge on any atom is 0.330 e. The lowest BCUT2D eigenvalue weighted by atomic mass is 9.95. The highest BCUT2D eigenvalue weighted by Gasteiger charge is 2.40. The number of barbiturate groups is 1. The molecule has 1 aromatic rings. The molecule has 1 fully saturated rings. The summed E-state index contributed by atoms with van der Waals surface area (Å²) in [4.78, 5) is 36.9. The van der Waals surface area contributed by atoms with Gasteiger partial charge in [-0.25, -0.2) is 4.79 Å². The van der Waals surface area contributed by atoms with Gasteiger partial charge in [-0.2, -0.15) is 0 Å². The zero-order valence-corrected chi connectivity index (χ0v) is 11.4. The largest absolute Gasteiger partial charge is 0.330 e. The average Bonchev–Trinajstić information content (AvgIpc) is 2.38. The number of carbonyl (C=O) groups excluding carboxylic acids is 3. The molecule has 1 N–H and O–H groups in total. The van der Waals surface area contributed by atoms with Crippen LogP contribution in [0.15, 0.2) is 36.9 Å². The van der Waals surface area contributed by atoms with Gasteiger partial charge in [0.2, 0.25) is 11.8 Å². The molecule has 1 heterocycles. The minimum Gasteiger partial charge on any atom is -0.277 e. The van der Waals surface area contributed by atoms with Crippen LogP contribution in [0.25, 0.3) is 0 Å². The number of nitrogens with one attached hydrogen (secondary N) is 1. The van der Waals surface area contributed by atoms with E-state index in [1.165, 1.54) is 0 Å². The van der Waals surface area contributed by atoms with Crippen LogP contribution < -0.4 is 5.32 Å². The fraction of sp³-hybridized carbons (Fsp3) is 0.214. The summed E-state index contributed by atoms with van der Waals surface area (Å²) in [6, 6.07) is 5.79. The summed E-state index contributed by atoms with van der Waals surface area (Å²) >= 11 is 5.87. The third-order valence-electron chi connectivity index (χ3n) is 2.99. The van der Waals surface area contributed by atoms with Crippen molar-refractivity contribution in [2.24, 2.45) is 0 Å². The molecule has 0 radical (unpaired) electrons. The third-order valence-corrected chi connectivity index (χ3v) is 3.22. The fourth-order valence-electron chi connectivity index (χ4n) is 2.03. The Morgan fingerprint density at radius 2 is 2.10 bits per heavy atom. The summed E-state index contributed by atoms with van der Waals surface area (Å²) in [5, 5.41) is 2.61. The summed E-state index contributed by atoms with van der Waals surface area (Å²) in [6.45, 7) is 3.74. The number of rotatable bonds is 4. The van der Waals surface area contributed by atoms with Crippen molar-refractivity contribution >= 4 is 29.4 Å². The molecular weight excluding hydrogens is 280 g/mol. The van der Waals surface area contributed by atoms with Crippen LogP contribution in [0.1, 0.15) is 17.9 Å². The molecule has 1 atom stereocenters. The van der Waals surface area contributed by atoms with E-state index >= 15 is 0 Å². The predicted octanol–water partition coefficient (Wildman–Crippen LogP) is 2.08. The quantitative estimate of drug-likeness (QED) is 0.682. The Bertz CT molecular complexity index is 586. The van der Waals surface area contributed by atoms with Crippen LogP contribution in [0, 0.1) is 0 Å². The van der Waals surface area contributed by atoms with Crippen molar-refractivity contribution in [3.8, 4) is 0 Å². The Labute approximate surface area is 121 Å². The van der Waals surface area contributed by atoms with E-state index in [4.69, 9.17) is 11.6 Å². The van der Waals surface area contributed by atoms with E-state index in [1.807, 2.05) is 0 Å². The van der Waals surface area contributed by atoms with Crippen LogP contribution in [0.4, 0.5) is 4.79 Å². The molecule has 0 saturated carbocycles.